The highest BCUT2D eigenvalue weighted by Gasteiger charge is 2.22. The van der Waals surface area contributed by atoms with Crippen molar-refractivity contribution in [3.63, 3.8) is 0 Å². The van der Waals surface area contributed by atoms with Crippen LogP contribution in [0, 0.1) is 11.8 Å². The van der Waals surface area contributed by atoms with Gasteiger partial charge in [-0.3, -0.25) is 0 Å². The molecule has 2 unspecified atom stereocenters. The molecule has 2 N–H and O–H groups in total. The highest BCUT2D eigenvalue weighted by molar-refractivity contribution is 5.48. The van der Waals surface area contributed by atoms with Crippen LogP contribution >= 0.6 is 0 Å². The maximum absolute atomic E-state index is 5.87. The summed E-state index contributed by atoms with van der Waals surface area (Å²) in [6, 6.07) is 8.86. The number of benzene rings is 1. The Balaban J connectivity index is 2.07. The maximum Gasteiger partial charge on any atom is 0.0366 e. The normalized spacial score (nSPS) is 26.9. The molecule has 1 aromatic rings. The smallest absolute Gasteiger partial charge is 0.0366 e. The van der Waals surface area contributed by atoms with Crippen LogP contribution in [0.4, 0.5) is 5.69 Å². The Bertz CT molecular complexity index is 356. The first-order chi connectivity index (χ1) is 8.08. The van der Waals surface area contributed by atoms with Gasteiger partial charge in [0.05, 0.1) is 0 Å². The molecule has 1 saturated heterocycles. The van der Waals surface area contributed by atoms with E-state index in [1.54, 1.807) is 0 Å². The zero-order chi connectivity index (χ0) is 12.4. The van der Waals surface area contributed by atoms with Gasteiger partial charge in [-0.1, -0.05) is 26.0 Å². The van der Waals surface area contributed by atoms with E-state index in [0.29, 0.717) is 0 Å². The highest BCUT2D eigenvalue weighted by atomic mass is 15.1. The molecular weight excluding hydrogens is 208 g/mol. The topological polar surface area (TPSA) is 29.3 Å². The minimum absolute atomic E-state index is 0.129. The first kappa shape index (κ1) is 12.4. The second-order valence-corrected chi connectivity index (χ2v) is 5.57. The summed E-state index contributed by atoms with van der Waals surface area (Å²) in [6.45, 7) is 9.11. The van der Waals surface area contributed by atoms with Crippen molar-refractivity contribution >= 4 is 5.69 Å². The van der Waals surface area contributed by atoms with E-state index >= 15 is 0 Å². The monoisotopic (exact) mass is 232 g/mol. The van der Waals surface area contributed by atoms with Gasteiger partial charge in [0.25, 0.3) is 0 Å². The first-order valence-corrected chi connectivity index (χ1v) is 6.68. The van der Waals surface area contributed by atoms with E-state index in [-0.39, 0.29) is 6.04 Å². The summed E-state index contributed by atoms with van der Waals surface area (Å²) in [5, 5.41) is 0. The molecule has 17 heavy (non-hydrogen) atoms. The fourth-order valence-electron chi connectivity index (χ4n) is 2.49. The van der Waals surface area contributed by atoms with Crippen LogP contribution in [0.2, 0.25) is 0 Å². The summed E-state index contributed by atoms with van der Waals surface area (Å²) in [4.78, 5) is 2.50. The Morgan fingerprint density at radius 2 is 1.82 bits per heavy atom. The van der Waals surface area contributed by atoms with Crippen LogP contribution in [0.25, 0.3) is 0 Å². The summed E-state index contributed by atoms with van der Waals surface area (Å²) >= 11 is 0. The van der Waals surface area contributed by atoms with Crippen molar-refractivity contribution in [2.75, 3.05) is 18.0 Å². The van der Waals surface area contributed by atoms with Crippen LogP contribution < -0.4 is 10.6 Å². The quantitative estimate of drug-likeness (QED) is 0.848. The standard InChI is InChI=1S/C15H24N2/c1-11-8-9-17(10-12(11)2)15-6-4-14(5-7-15)13(3)16/h4-7,11-13H,8-10,16H2,1-3H3/t11?,12?,13-/m0/s1. The predicted molar refractivity (Wildman–Crippen MR) is 74.2 cm³/mol. The first-order valence-electron chi connectivity index (χ1n) is 6.68. The van der Waals surface area contributed by atoms with Crippen molar-refractivity contribution in [1.29, 1.82) is 0 Å². The fraction of sp³-hybridized carbons (Fsp3) is 0.600. The predicted octanol–water partition coefficient (Wildman–Crippen LogP) is 3.19. The molecular formula is C15H24N2. The lowest BCUT2D eigenvalue weighted by molar-refractivity contribution is 0.324. The molecule has 1 fully saturated rings. The van der Waals surface area contributed by atoms with E-state index in [1.165, 1.54) is 30.8 Å². The minimum atomic E-state index is 0.129. The molecule has 0 saturated carbocycles. The number of hydrogen-bond acceptors (Lipinski definition) is 2. The number of piperidine rings is 1. The molecule has 1 heterocycles. The van der Waals surface area contributed by atoms with Crippen LogP contribution in [-0.4, -0.2) is 13.1 Å². The highest BCUT2D eigenvalue weighted by Crippen LogP contribution is 2.27. The van der Waals surface area contributed by atoms with Gasteiger partial charge >= 0.3 is 0 Å². The molecule has 2 rings (SSSR count). The molecule has 0 spiro atoms. The Kier molecular flexibility index (Phi) is 3.72. The SMILES string of the molecule is CC1CCN(c2ccc([C@H](C)N)cc2)CC1C. The fourth-order valence-corrected chi connectivity index (χ4v) is 2.49. The van der Waals surface area contributed by atoms with Crippen molar-refractivity contribution in [3.8, 4) is 0 Å². The molecule has 1 aromatic carbocycles. The van der Waals surface area contributed by atoms with E-state index < -0.39 is 0 Å². The van der Waals surface area contributed by atoms with Gasteiger partial charge < -0.3 is 10.6 Å². The van der Waals surface area contributed by atoms with Gasteiger partial charge in [0.2, 0.25) is 0 Å². The summed E-state index contributed by atoms with van der Waals surface area (Å²) in [7, 11) is 0. The van der Waals surface area contributed by atoms with Gasteiger partial charge in [-0.2, -0.15) is 0 Å². The van der Waals surface area contributed by atoms with Crippen molar-refractivity contribution in [1.82, 2.24) is 0 Å². The zero-order valence-electron chi connectivity index (χ0n) is 11.2. The molecule has 0 aromatic heterocycles. The van der Waals surface area contributed by atoms with Gasteiger partial charge in [0.15, 0.2) is 0 Å². The van der Waals surface area contributed by atoms with Crippen LogP contribution in [0.1, 0.15) is 38.8 Å². The molecule has 1 aliphatic rings. The molecule has 2 nitrogen and oxygen atoms in total. The number of rotatable bonds is 2. The van der Waals surface area contributed by atoms with Crippen LogP contribution in [0.3, 0.4) is 0 Å². The second kappa shape index (κ2) is 5.09. The van der Waals surface area contributed by atoms with Gasteiger partial charge in [-0.05, 0) is 42.9 Å². The molecule has 94 valence electrons. The molecule has 0 amide bonds. The van der Waals surface area contributed by atoms with E-state index in [4.69, 9.17) is 5.73 Å². The van der Waals surface area contributed by atoms with Crippen molar-refractivity contribution in [2.45, 2.75) is 33.2 Å². The largest absolute Gasteiger partial charge is 0.371 e. The van der Waals surface area contributed by atoms with Crippen LogP contribution in [0.5, 0.6) is 0 Å². The third-order valence-corrected chi connectivity index (χ3v) is 4.12. The molecule has 0 radical (unpaired) electrons. The number of hydrogen-bond donors (Lipinski definition) is 1. The van der Waals surface area contributed by atoms with Gasteiger partial charge in [0.1, 0.15) is 0 Å². The van der Waals surface area contributed by atoms with E-state index in [1.807, 2.05) is 6.92 Å². The Morgan fingerprint density at radius 1 is 1.18 bits per heavy atom. The summed E-state index contributed by atoms with van der Waals surface area (Å²) in [6.07, 6.45) is 1.30. The lowest BCUT2D eigenvalue weighted by atomic mass is 9.88. The molecule has 0 aliphatic carbocycles. The van der Waals surface area contributed by atoms with Crippen LogP contribution in [-0.2, 0) is 0 Å². The summed E-state index contributed by atoms with van der Waals surface area (Å²) in [5.41, 5.74) is 8.42. The number of nitrogens with zero attached hydrogens (tertiary/aromatic N) is 1. The third-order valence-electron chi connectivity index (χ3n) is 4.12. The van der Waals surface area contributed by atoms with E-state index in [0.717, 1.165) is 11.8 Å². The van der Waals surface area contributed by atoms with Gasteiger partial charge in [-0.15, -0.1) is 0 Å². The van der Waals surface area contributed by atoms with E-state index in [2.05, 4.69) is 43.0 Å². The van der Waals surface area contributed by atoms with Crippen molar-refractivity contribution in [2.24, 2.45) is 17.6 Å². The molecule has 0 bridgehead atoms. The molecule has 1 aliphatic heterocycles. The van der Waals surface area contributed by atoms with E-state index in [9.17, 15) is 0 Å². The Labute approximate surface area is 105 Å². The van der Waals surface area contributed by atoms with Crippen molar-refractivity contribution in [3.05, 3.63) is 29.8 Å². The van der Waals surface area contributed by atoms with Crippen LogP contribution in [0.15, 0.2) is 24.3 Å². The summed E-state index contributed by atoms with van der Waals surface area (Å²) < 4.78 is 0. The van der Waals surface area contributed by atoms with Crippen molar-refractivity contribution < 1.29 is 0 Å². The average Bonchev–Trinajstić information content (AvgIpc) is 2.33. The lowest BCUT2D eigenvalue weighted by Crippen LogP contribution is -2.38. The van der Waals surface area contributed by atoms with Gasteiger partial charge in [-0.25, -0.2) is 0 Å². The number of nitrogens with two attached hydrogens (primary N) is 1. The summed E-state index contributed by atoms with van der Waals surface area (Å²) in [5.74, 6) is 1.64. The third kappa shape index (κ3) is 2.81. The lowest BCUT2D eigenvalue weighted by Gasteiger charge is -2.37. The number of anilines is 1. The molecule has 3 atom stereocenters. The Hall–Kier alpha value is -1.02. The average molecular weight is 232 g/mol. The minimum Gasteiger partial charge on any atom is -0.371 e. The Morgan fingerprint density at radius 3 is 2.35 bits per heavy atom. The second-order valence-electron chi connectivity index (χ2n) is 5.57. The molecule has 2 heteroatoms. The van der Waals surface area contributed by atoms with Gasteiger partial charge in [0, 0.05) is 24.8 Å². The zero-order valence-corrected chi connectivity index (χ0v) is 11.2. The maximum atomic E-state index is 5.87.